The van der Waals surface area contributed by atoms with Crippen molar-refractivity contribution in [1.82, 2.24) is 0 Å². The molecule has 2 heteroatoms. The number of rotatable bonds is 1. The molecule has 60 valence electrons. The lowest BCUT2D eigenvalue weighted by Crippen LogP contribution is -1.94. The Labute approximate surface area is 80.6 Å². The number of aliphatic hydroxyl groups excluding tert-OH is 1. The van der Waals surface area contributed by atoms with E-state index in [1.165, 1.54) is 14.7 Å². The summed E-state index contributed by atoms with van der Waals surface area (Å²) < 4.78 is 1.22. The second-order valence-electron chi connectivity index (χ2n) is 2.63. The van der Waals surface area contributed by atoms with Gasteiger partial charge in [0, 0.05) is 3.57 Å². The van der Waals surface area contributed by atoms with Crippen LogP contribution in [0.4, 0.5) is 0 Å². The smallest absolute Gasteiger partial charge is 0.0687 e. The van der Waals surface area contributed by atoms with Crippen LogP contribution in [0.25, 0.3) is 0 Å². The fraction of sp³-hybridized carbons (Fsp3) is 0.333. The molecule has 0 aliphatic heterocycles. The fourth-order valence-corrected chi connectivity index (χ4v) is 1.61. The molecule has 0 fully saturated rings. The largest absolute Gasteiger partial charge is 0.392 e. The number of aliphatic hydroxyl groups is 1. The second kappa shape index (κ2) is 3.54. The second-order valence-corrected chi connectivity index (χ2v) is 3.79. The maximum atomic E-state index is 9.02. The van der Waals surface area contributed by atoms with Crippen LogP contribution in [0.15, 0.2) is 12.1 Å². The van der Waals surface area contributed by atoms with Crippen LogP contribution in [-0.4, -0.2) is 5.11 Å². The Morgan fingerprint density at radius 1 is 1.36 bits per heavy atom. The zero-order chi connectivity index (χ0) is 8.43. The number of benzene rings is 1. The Hall–Kier alpha value is -0.0900. The molecule has 0 radical (unpaired) electrons. The molecule has 1 nitrogen and oxygen atoms in total. The first-order valence-electron chi connectivity index (χ1n) is 3.52. The third-order valence-electron chi connectivity index (χ3n) is 1.92. The van der Waals surface area contributed by atoms with Crippen molar-refractivity contribution in [3.8, 4) is 0 Å². The first kappa shape index (κ1) is 9.00. The van der Waals surface area contributed by atoms with E-state index < -0.39 is 0 Å². The van der Waals surface area contributed by atoms with E-state index in [1.807, 2.05) is 19.9 Å². The first-order valence-corrected chi connectivity index (χ1v) is 4.60. The highest BCUT2D eigenvalue weighted by Gasteiger charge is 2.03. The average Bonchev–Trinajstić information content (AvgIpc) is 1.99. The van der Waals surface area contributed by atoms with Gasteiger partial charge in [-0.25, -0.2) is 0 Å². The number of halogens is 1. The molecule has 0 bridgehead atoms. The Kier molecular flexibility index (Phi) is 2.90. The van der Waals surface area contributed by atoms with Gasteiger partial charge in [0.05, 0.1) is 6.61 Å². The molecule has 0 saturated carbocycles. The molecule has 0 atom stereocenters. The van der Waals surface area contributed by atoms with E-state index in [4.69, 9.17) is 5.11 Å². The van der Waals surface area contributed by atoms with Crippen molar-refractivity contribution in [2.24, 2.45) is 0 Å². The van der Waals surface area contributed by atoms with Crippen molar-refractivity contribution < 1.29 is 5.11 Å². The Morgan fingerprint density at radius 3 is 2.45 bits per heavy atom. The topological polar surface area (TPSA) is 20.2 Å². The Bertz CT molecular complexity index is 269. The predicted molar refractivity (Wildman–Crippen MR) is 54.6 cm³/mol. The van der Waals surface area contributed by atoms with E-state index in [0.29, 0.717) is 0 Å². The summed E-state index contributed by atoms with van der Waals surface area (Å²) in [5.41, 5.74) is 3.44. The van der Waals surface area contributed by atoms with Gasteiger partial charge in [-0.05, 0) is 59.2 Å². The van der Waals surface area contributed by atoms with Crippen LogP contribution < -0.4 is 0 Å². The summed E-state index contributed by atoms with van der Waals surface area (Å²) in [6.07, 6.45) is 0. The highest BCUT2D eigenvalue weighted by atomic mass is 127. The van der Waals surface area contributed by atoms with E-state index in [1.54, 1.807) is 0 Å². The monoisotopic (exact) mass is 262 g/mol. The minimum Gasteiger partial charge on any atom is -0.392 e. The molecular formula is C9H11IO. The van der Waals surface area contributed by atoms with E-state index >= 15 is 0 Å². The molecule has 1 rings (SSSR count). The molecule has 0 unspecified atom stereocenters. The zero-order valence-electron chi connectivity index (χ0n) is 6.69. The third kappa shape index (κ3) is 1.73. The van der Waals surface area contributed by atoms with Crippen LogP contribution in [0, 0.1) is 17.4 Å². The molecule has 0 heterocycles. The molecule has 0 saturated heterocycles. The molecule has 1 N–H and O–H groups in total. The summed E-state index contributed by atoms with van der Waals surface area (Å²) in [6.45, 7) is 4.21. The minimum atomic E-state index is 0.147. The van der Waals surface area contributed by atoms with Crippen molar-refractivity contribution in [2.75, 3.05) is 0 Å². The molecular weight excluding hydrogens is 251 g/mol. The van der Waals surface area contributed by atoms with Crippen molar-refractivity contribution >= 4 is 22.6 Å². The van der Waals surface area contributed by atoms with Crippen molar-refractivity contribution in [3.63, 3.8) is 0 Å². The number of hydrogen-bond donors (Lipinski definition) is 1. The van der Waals surface area contributed by atoms with Gasteiger partial charge in [-0.15, -0.1) is 0 Å². The van der Waals surface area contributed by atoms with Gasteiger partial charge >= 0.3 is 0 Å². The minimum absolute atomic E-state index is 0.147. The van der Waals surface area contributed by atoms with Crippen LogP contribution in [0.2, 0.25) is 0 Å². The molecule has 0 aliphatic carbocycles. The van der Waals surface area contributed by atoms with E-state index in [-0.39, 0.29) is 6.61 Å². The maximum Gasteiger partial charge on any atom is 0.0687 e. The summed E-state index contributed by atoms with van der Waals surface area (Å²) in [7, 11) is 0. The Morgan fingerprint density at radius 2 is 2.00 bits per heavy atom. The Balaban J connectivity index is 3.29. The summed E-state index contributed by atoms with van der Waals surface area (Å²) in [6, 6.07) is 4.12. The van der Waals surface area contributed by atoms with Crippen molar-refractivity contribution in [3.05, 3.63) is 32.4 Å². The summed E-state index contributed by atoms with van der Waals surface area (Å²) in [5, 5.41) is 9.02. The summed E-state index contributed by atoms with van der Waals surface area (Å²) in [5.74, 6) is 0. The standard InChI is InChI=1S/C9H11IO/c1-6-3-4-9(10)7(2)8(6)5-11/h3-4,11H,5H2,1-2H3. The lowest BCUT2D eigenvalue weighted by molar-refractivity contribution is 0.280. The highest BCUT2D eigenvalue weighted by molar-refractivity contribution is 14.1. The molecule has 0 spiro atoms. The van der Waals surface area contributed by atoms with Crippen LogP contribution >= 0.6 is 22.6 Å². The molecule has 1 aromatic rings. The van der Waals surface area contributed by atoms with Crippen LogP contribution in [0.3, 0.4) is 0 Å². The van der Waals surface area contributed by atoms with Gasteiger partial charge in [-0.3, -0.25) is 0 Å². The molecule has 11 heavy (non-hydrogen) atoms. The van der Waals surface area contributed by atoms with Gasteiger partial charge in [-0.2, -0.15) is 0 Å². The van der Waals surface area contributed by atoms with Gasteiger partial charge in [0.1, 0.15) is 0 Å². The van der Waals surface area contributed by atoms with Gasteiger partial charge in [-0.1, -0.05) is 6.07 Å². The average molecular weight is 262 g/mol. The maximum absolute atomic E-state index is 9.02. The highest BCUT2D eigenvalue weighted by Crippen LogP contribution is 2.19. The molecule has 1 aromatic carbocycles. The lowest BCUT2D eigenvalue weighted by atomic mass is 10.0. The zero-order valence-corrected chi connectivity index (χ0v) is 8.84. The normalized spacial score (nSPS) is 10.2. The molecule has 0 aromatic heterocycles. The number of hydrogen-bond acceptors (Lipinski definition) is 1. The van der Waals surface area contributed by atoms with Crippen molar-refractivity contribution in [2.45, 2.75) is 20.5 Å². The van der Waals surface area contributed by atoms with Gasteiger partial charge in [0.15, 0.2) is 0 Å². The van der Waals surface area contributed by atoms with E-state index in [0.717, 1.165) is 5.56 Å². The van der Waals surface area contributed by atoms with E-state index in [2.05, 4.69) is 28.7 Å². The SMILES string of the molecule is Cc1ccc(I)c(C)c1CO. The fourth-order valence-electron chi connectivity index (χ4n) is 1.11. The van der Waals surface area contributed by atoms with Crippen LogP contribution in [0.5, 0.6) is 0 Å². The molecule has 0 aliphatic rings. The predicted octanol–water partition coefficient (Wildman–Crippen LogP) is 2.40. The first-order chi connectivity index (χ1) is 5.16. The quantitative estimate of drug-likeness (QED) is 0.770. The van der Waals surface area contributed by atoms with Gasteiger partial charge in [0.25, 0.3) is 0 Å². The summed E-state index contributed by atoms with van der Waals surface area (Å²) in [4.78, 5) is 0. The van der Waals surface area contributed by atoms with Gasteiger partial charge < -0.3 is 5.11 Å². The molecule has 0 amide bonds. The van der Waals surface area contributed by atoms with E-state index in [9.17, 15) is 0 Å². The van der Waals surface area contributed by atoms with Crippen LogP contribution in [-0.2, 0) is 6.61 Å². The van der Waals surface area contributed by atoms with Crippen molar-refractivity contribution in [1.29, 1.82) is 0 Å². The van der Waals surface area contributed by atoms with Gasteiger partial charge in [0.2, 0.25) is 0 Å². The lowest BCUT2D eigenvalue weighted by Gasteiger charge is -2.07. The summed E-state index contributed by atoms with van der Waals surface area (Å²) >= 11 is 2.28. The van der Waals surface area contributed by atoms with Crippen LogP contribution in [0.1, 0.15) is 16.7 Å². The third-order valence-corrected chi connectivity index (χ3v) is 3.09. The number of aryl methyl sites for hydroxylation is 1.